The molecule has 1 amide bonds. The van der Waals surface area contributed by atoms with Crippen LogP contribution < -0.4 is 0 Å². The molecule has 4 rings (SSSR count). The lowest BCUT2D eigenvalue weighted by Gasteiger charge is -2.14. The van der Waals surface area contributed by atoms with Gasteiger partial charge in [0.05, 0.1) is 9.83 Å². The highest BCUT2D eigenvalue weighted by atomic mass is 32.2. The molecule has 6 nitrogen and oxygen atoms in total. The molecule has 8 heteroatoms. The Hall–Kier alpha value is -3.23. The number of rotatable bonds is 6. The van der Waals surface area contributed by atoms with E-state index in [1.807, 2.05) is 42.5 Å². The Morgan fingerprint density at radius 3 is 2.50 bits per heavy atom. The number of hydrogen-bond donors (Lipinski definition) is 1. The molecule has 3 aromatic rings. The van der Waals surface area contributed by atoms with Gasteiger partial charge >= 0.3 is 0 Å². The summed E-state index contributed by atoms with van der Waals surface area (Å²) in [6.07, 6.45) is 2.53. The average molecular weight is 436 g/mol. The number of amides is 1. The fourth-order valence-corrected chi connectivity index (χ4v) is 4.45. The van der Waals surface area contributed by atoms with Gasteiger partial charge in [0.25, 0.3) is 11.6 Å². The maximum absolute atomic E-state index is 12.8. The van der Waals surface area contributed by atoms with Gasteiger partial charge in [-0.2, -0.15) is 0 Å². The molecule has 0 saturated carbocycles. The molecule has 1 saturated heterocycles. The van der Waals surface area contributed by atoms with Crippen LogP contribution in [0.15, 0.2) is 71.6 Å². The van der Waals surface area contributed by atoms with Crippen molar-refractivity contribution >= 4 is 46.0 Å². The third-order valence-electron chi connectivity index (χ3n) is 4.72. The standard InChI is InChI=1S/C22H17N3O3S2/c26-21-20(30-22(29)24(21)13-12-15-4-2-1-3-5-15)14-17-8-11-19(23-17)16-6-9-18(10-7-16)25(27)28/h1-11,14,23H,12-13H2. The van der Waals surface area contributed by atoms with Crippen molar-refractivity contribution in [2.75, 3.05) is 6.54 Å². The molecule has 1 aliphatic rings. The summed E-state index contributed by atoms with van der Waals surface area (Å²) in [5.74, 6) is -0.0904. The zero-order chi connectivity index (χ0) is 21.1. The van der Waals surface area contributed by atoms with E-state index in [0.29, 0.717) is 15.8 Å². The molecule has 150 valence electrons. The second kappa shape index (κ2) is 8.64. The minimum Gasteiger partial charge on any atom is -0.355 e. The quantitative estimate of drug-likeness (QED) is 0.254. The summed E-state index contributed by atoms with van der Waals surface area (Å²) in [5, 5.41) is 10.8. The third kappa shape index (κ3) is 4.34. The summed E-state index contributed by atoms with van der Waals surface area (Å²) in [5.41, 5.74) is 3.62. The molecule has 0 spiro atoms. The van der Waals surface area contributed by atoms with Crippen molar-refractivity contribution in [3.8, 4) is 11.3 Å². The molecule has 0 atom stereocenters. The smallest absolute Gasteiger partial charge is 0.269 e. The maximum atomic E-state index is 12.8. The first kappa shape index (κ1) is 20.1. The van der Waals surface area contributed by atoms with Crippen LogP contribution in [0.4, 0.5) is 5.69 Å². The van der Waals surface area contributed by atoms with E-state index in [1.165, 1.54) is 23.9 Å². The normalized spacial score (nSPS) is 15.2. The number of non-ortho nitro benzene ring substituents is 1. The number of nitro groups is 1. The number of nitro benzene ring substituents is 1. The number of nitrogens with one attached hydrogen (secondary N) is 1. The Morgan fingerprint density at radius 2 is 1.80 bits per heavy atom. The lowest BCUT2D eigenvalue weighted by atomic mass is 10.1. The lowest BCUT2D eigenvalue weighted by Crippen LogP contribution is -2.30. The summed E-state index contributed by atoms with van der Waals surface area (Å²) < 4.78 is 0.560. The van der Waals surface area contributed by atoms with Crippen molar-refractivity contribution < 1.29 is 9.72 Å². The molecular weight excluding hydrogens is 418 g/mol. The number of carbonyl (C=O) groups is 1. The first-order valence-corrected chi connectivity index (χ1v) is 10.5. The fourth-order valence-electron chi connectivity index (χ4n) is 3.15. The number of thioether (sulfide) groups is 1. The van der Waals surface area contributed by atoms with Crippen LogP contribution in [0.2, 0.25) is 0 Å². The molecule has 1 aliphatic heterocycles. The van der Waals surface area contributed by atoms with Crippen molar-refractivity contribution in [1.82, 2.24) is 9.88 Å². The van der Waals surface area contributed by atoms with Gasteiger partial charge in [-0.15, -0.1) is 0 Å². The summed E-state index contributed by atoms with van der Waals surface area (Å²) in [4.78, 5) is 28.6. The molecule has 1 aromatic heterocycles. The van der Waals surface area contributed by atoms with Crippen molar-refractivity contribution in [1.29, 1.82) is 0 Å². The Kier molecular flexibility index (Phi) is 5.78. The molecular formula is C22H17N3O3S2. The van der Waals surface area contributed by atoms with Gasteiger partial charge in [0.2, 0.25) is 0 Å². The number of aromatic nitrogens is 1. The zero-order valence-corrected chi connectivity index (χ0v) is 17.4. The minimum atomic E-state index is -0.427. The number of thiocarbonyl (C=S) groups is 1. The van der Waals surface area contributed by atoms with Crippen molar-refractivity contribution in [3.05, 3.63) is 93.0 Å². The number of hydrogen-bond acceptors (Lipinski definition) is 5. The van der Waals surface area contributed by atoms with Crippen LogP contribution in [-0.2, 0) is 11.2 Å². The molecule has 2 aromatic carbocycles. The SMILES string of the molecule is O=C1C(=Cc2ccc(-c3ccc([N+](=O)[O-])cc3)[nH]2)SC(=S)N1CCc1ccccc1. The molecule has 0 unspecified atom stereocenters. The van der Waals surface area contributed by atoms with Crippen LogP contribution in [-0.4, -0.2) is 31.6 Å². The molecule has 0 radical (unpaired) electrons. The highest BCUT2D eigenvalue weighted by Gasteiger charge is 2.31. The highest BCUT2D eigenvalue weighted by Crippen LogP contribution is 2.33. The van der Waals surface area contributed by atoms with E-state index < -0.39 is 4.92 Å². The second-order valence-electron chi connectivity index (χ2n) is 6.70. The van der Waals surface area contributed by atoms with Gasteiger partial charge in [-0.25, -0.2) is 0 Å². The zero-order valence-electron chi connectivity index (χ0n) is 15.8. The van der Waals surface area contributed by atoms with E-state index in [2.05, 4.69) is 4.98 Å². The van der Waals surface area contributed by atoms with Crippen LogP contribution in [0.3, 0.4) is 0 Å². The number of benzene rings is 2. The van der Waals surface area contributed by atoms with Gasteiger partial charge in [0, 0.05) is 30.1 Å². The molecule has 1 fully saturated rings. The van der Waals surface area contributed by atoms with Crippen molar-refractivity contribution in [2.24, 2.45) is 0 Å². The second-order valence-corrected chi connectivity index (χ2v) is 8.38. The van der Waals surface area contributed by atoms with E-state index in [-0.39, 0.29) is 11.6 Å². The largest absolute Gasteiger partial charge is 0.355 e. The highest BCUT2D eigenvalue weighted by molar-refractivity contribution is 8.26. The van der Waals surface area contributed by atoms with Gasteiger partial charge < -0.3 is 4.98 Å². The van der Waals surface area contributed by atoms with Crippen LogP contribution >= 0.6 is 24.0 Å². The molecule has 1 N–H and O–H groups in total. The minimum absolute atomic E-state index is 0.0460. The van der Waals surface area contributed by atoms with Crippen molar-refractivity contribution in [2.45, 2.75) is 6.42 Å². The summed E-state index contributed by atoms with van der Waals surface area (Å²) in [6, 6.07) is 20.1. The topological polar surface area (TPSA) is 79.2 Å². The summed E-state index contributed by atoms with van der Waals surface area (Å²) in [6.45, 7) is 0.546. The maximum Gasteiger partial charge on any atom is 0.269 e. The summed E-state index contributed by atoms with van der Waals surface area (Å²) >= 11 is 6.70. The third-order valence-corrected chi connectivity index (χ3v) is 6.10. The Balaban J connectivity index is 1.46. The van der Waals surface area contributed by atoms with E-state index in [4.69, 9.17) is 12.2 Å². The number of nitrogens with zero attached hydrogens (tertiary/aromatic N) is 2. The van der Waals surface area contributed by atoms with E-state index in [0.717, 1.165) is 28.9 Å². The summed E-state index contributed by atoms with van der Waals surface area (Å²) in [7, 11) is 0. The van der Waals surface area contributed by atoms with E-state index >= 15 is 0 Å². The Bertz CT molecular complexity index is 1140. The molecule has 30 heavy (non-hydrogen) atoms. The first-order valence-electron chi connectivity index (χ1n) is 9.24. The van der Waals surface area contributed by atoms with E-state index in [1.54, 1.807) is 23.1 Å². The molecule has 0 bridgehead atoms. The van der Waals surface area contributed by atoms with Crippen LogP contribution in [0.1, 0.15) is 11.3 Å². The van der Waals surface area contributed by atoms with Gasteiger partial charge in [0.1, 0.15) is 4.32 Å². The molecule has 2 heterocycles. The van der Waals surface area contributed by atoms with Crippen LogP contribution in [0.5, 0.6) is 0 Å². The monoisotopic (exact) mass is 435 g/mol. The number of aromatic amines is 1. The van der Waals surface area contributed by atoms with Gasteiger partial charge in [-0.3, -0.25) is 19.8 Å². The average Bonchev–Trinajstić information content (AvgIpc) is 3.32. The predicted octanol–water partition coefficient (Wildman–Crippen LogP) is 5.03. The van der Waals surface area contributed by atoms with Crippen LogP contribution in [0, 0.1) is 10.1 Å². The Labute approximate surface area is 182 Å². The van der Waals surface area contributed by atoms with E-state index in [9.17, 15) is 14.9 Å². The first-order chi connectivity index (χ1) is 14.5. The van der Waals surface area contributed by atoms with Gasteiger partial charge in [-0.1, -0.05) is 54.3 Å². The Morgan fingerprint density at radius 1 is 1.07 bits per heavy atom. The fraction of sp³-hybridized carbons (Fsp3) is 0.0909. The lowest BCUT2D eigenvalue weighted by molar-refractivity contribution is -0.384. The molecule has 0 aliphatic carbocycles. The predicted molar refractivity (Wildman–Crippen MR) is 123 cm³/mol. The van der Waals surface area contributed by atoms with Gasteiger partial charge in [-0.05, 0) is 47.9 Å². The van der Waals surface area contributed by atoms with Crippen molar-refractivity contribution in [3.63, 3.8) is 0 Å². The van der Waals surface area contributed by atoms with Gasteiger partial charge in [0.15, 0.2) is 0 Å². The van der Waals surface area contributed by atoms with Crippen LogP contribution in [0.25, 0.3) is 17.3 Å². The number of carbonyl (C=O) groups excluding carboxylic acids is 1. The number of H-pyrrole nitrogens is 1.